The number of hydrogen-bond acceptors (Lipinski definition) is 5. The molecule has 1 aromatic carbocycles. The first-order chi connectivity index (χ1) is 9.97. The van der Waals surface area contributed by atoms with E-state index in [4.69, 9.17) is 26.2 Å². The normalized spacial score (nSPS) is 16.0. The van der Waals surface area contributed by atoms with Crippen molar-refractivity contribution in [1.82, 2.24) is 9.78 Å². The summed E-state index contributed by atoms with van der Waals surface area (Å²) in [6, 6.07) is 4.38. The maximum atomic E-state index is 12.4. The van der Waals surface area contributed by atoms with E-state index < -0.39 is 12.3 Å². The second kappa shape index (κ2) is 4.78. The van der Waals surface area contributed by atoms with E-state index in [2.05, 4.69) is 5.10 Å². The van der Waals surface area contributed by atoms with Crippen LogP contribution in [0.15, 0.2) is 24.4 Å². The average molecular weight is 309 g/mol. The topological polar surface area (TPSA) is 90.7 Å². The van der Waals surface area contributed by atoms with Crippen LogP contribution in [0.3, 0.4) is 0 Å². The summed E-state index contributed by atoms with van der Waals surface area (Å²) in [6.07, 6.45) is 0.0435. The highest BCUT2D eigenvalue weighted by Gasteiger charge is 2.33. The summed E-state index contributed by atoms with van der Waals surface area (Å²) in [6.45, 7) is 0. The molecule has 1 aliphatic heterocycles. The van der Waals surface area contributed by atoms with E-state index in [-0.39, 0.29) is 27.9 Å². The first kappa shape index (κ1) is 13.4. The number of aliphatic carboxylic acids is 1. The van der Waals surface area contributed by atoms with Gasteiger partial charge in [0.25, 0.3) is 0 Å². The van der Waals surface area contributed by atoms with Crippen LogP contribution in [-0.4, -0.2) is 32.9 Å². The summed E-state index contributed by atoms with van der Waals surface area (Å²) in [5.41, 5.74) is 0.636. The average Bonchev–Trinajstić information content (AvgIpc) is 3.04. The second-order valence-corrected chi connectivity index (χ2v) is 4.77. The minimum Gasteiger partial charge on any atom is -0.476 e. The third kappa shape index (κ3) is 2.21. The van der Waals surface area contributed by atoms with Gasteiger partial charge >= 0.3 is 12.3 Å². The van der Waals surface area contributed by atoms with Crippen molar-refractivity contribution in [3.8, 4) is 11.5 Å². The summed E-state index contributed by atoms with van der Waals surface area (Å²) < 4.78 is 11.6. The molecule has 2 heterocycles. The van der Waals surface area contributed by atoms with E-state index in [1.807, 2.05) is 0 Å². The number of carboxylic acid groups (broad SMARTS) is 1. The number of ketones is 1. The number of nitrogens with zero attached hydrogens (tertiary/aromatic N) is 2. The molecule has 0 bridgehead atoms. The van der Waals surface area contributed by atoms with Gasteiger partial charge in [-0.15, -0.1) is 0 Å². The molecule has 1 N–H and O–H groups in total. The Morgan fingerprint density at radius 3 is 2.76 bits per heavy atom. The van der Waals surface area contributed by atoms with E-state index in [1.165, 1.54) is 23.0 Å². The Balaban J connectivity index is 1.99. The molecule has 1 aromatic heterocycles. The van der Waals surface area contributed by atoms with Crippen molar-refractivity contribution < 1.29 is 24.2 Å². The van der Waals surface area contributed by atoms with Gasteiger partial charge in [0.05, 0.1) is 5.02 Å². The number of hydrogen-bond donors (Lipinski definition) is 1. The van der Waals surface area contributed by atoms with Gasteiger partial charge in [-0.1, -0.05) is 11.6 Å². The largest absolute Gasteiger partial charge is 0.476 e. The van der Waals surface area contributed by atoms with Crippen LogP contribution in [0.4, 0.5) is 0 Å². The zero-order chi connectivity index (χ0) is 15.1. The molecular weight excluding hydrogens is 300 g/mol. The number of halogens is 1. The van der Waals surface area contributed by atoms with Gasteiger partial charge in [0.1, 0.15) is 5.69 Å². The standard InChI is InChI=1S/C13H9ClN2O5/c1-16-8(2-3-15-16)10(17)6-4-7(14)11-9(5-6)20-13(21-11)12(18)19/h2-5,13H,1H3,(H,18,19). The molecule has 1 unspecified atom stereocenters. The van der Waals surface area contributed by atoms with Gasteiger partial charge in [-0.25, -0.2) is 4.79 Å². The number of ether oxygens (including phenoxy) is 2. The monoisotopic (exact) mass is 308 g/mol. The number of aryl methyl sites for hydroxylation is 1. The van der Waals surface area contributed by atoms with Crippen LogP contribution in [0.25, 0.3) is 0 Å². The smallest absolute Gasteiger partial charge is 0.387 e. The van der Waals surface area contributed by atoms with Gasteiger partial charge in [-0.2, -0.15) is 5.10 Å². The van der Waals surface area contributed by atoms with Crippen LogP contribution < -0.4 is 9.47 Å². The van der Waals surface area contributed by atoms with Gasteiger partial charge in [-0.05, 0) is 18.2 Å². The third-order valence-corrected chi connectivity index (χ3v) is 3.27. The lowest BCUT2D eigenvalue weighted by atomic mass is 10.1. The van der Waals surface area contributed by atoms with Crippen molar-refractivity contribution in [2.24, 2.45) is 7.05 Å². The summed E-state index contributed by atoms with van der Waals surface area (Å²) in [7, 11) is 1.64. The molecule has 1 atom stereocenters. The molecule has 0 fully saturated rings. The Morgan fingerprint density at radius 2 is 2.14 bits per heavy atom. The van der Waals surface area contributed by atoms with Gasteiger partial charge < -0.3 is 14.6 Å². The number of fused-ring (bicyclic) bond motifs is 1. The van der Waals surface area contributed by atoms with E-state index in [0.717, 1.165) is 0 Å². The van der Waals surface area contributed by atoms with Gasteiger partial charge in [-0.3, -0.25) is 9.48 Å². The van der Waals surface area contributed by atoms with Crippen molar-refractivity contribution in [2.45, 2.75) is 6.29 Å². The second-order valence-electron chi connectivity index (χ2n) is 4.36. The van der Waals surface area contributed by atoms with Crippen molar-refractivity contribution in [3.05, 3.63) is 40.7 Å². The maximum absolute atomic E-state index is 12.4. The number of carbonyl (C=O) groups excluding carboxylic acids is 1. The van der Waals surface area contributed by atoms with E-state index in [0.29, 0.717) is 5.69 Å². The molecule has 0 saturated carbocycles. The zero-order valence-corrected chi connectivity index (χ0v) is 11.5. The Labute approximate surface area is 123 Å². The molecule has 0 spiro atoms. The number of carbonyl (C=O) groups is 2. The van der Waals surface area contributed by atoms with Crippen molar-refractivity contribution in [2.75, 3.05) is 0 Å². The third-order valence-electron chi connectivity index (χ3n) is 2.99. The number of aromatic nitrogens is 2. The quantitative estimate of drug-likeness (QED) is 0.864. The molecule has 21 heavy (non-hydrogen) atoms. The van der Waals surface area contributed by atoms with Crippen molar-refractivity contribution >= 4 is 23.4 Å². The molecule has 7 nitrogen and oxygen atoms in total. The fraction of sp³-hybridized carbons (Fsp3) is 0.154. The fourth-order valence-electron chi connectivity index (χ4n) is 1.99. The first-order valence-electron chi connectivity index (χ1n) is 5.89. The van der Waals surface area contributed by atoms with Crippen LogP contribution in [-0.2, 0) is 11.8 Å². The van der Waals surface area contributed by atoms with Gasteiger partial charge in [0.2, 0.25) is 5.78 Å². The Kier molecular flexibility index (Phi) is 3.06. The van der Waals surface area contributed by atoms with E-state index in [9.17, 15) is 9.59 Å². The number of rotatable bonds is 3. The molecule has 3 rings (SSSR count). The summed E-state index contributed by atoms with van der Waals surface area (Å²) >= 11 is 6.02. The molecule has 0 aliphatic carbocycles. The molecule has 2 aromatic rings. The molecule has 0 amide bonds. The molecule has 0 radical (unpaired) electrons. The Bertz CT molecular complexity index is 755. The maximum Gasteiger partial charge on any atom is 0.387 e. The molecule has 8 heteroatoms. The minimum absolute atomic E-state index is 0.113. The predicted molar refractivity (Wildman–Crippen MR) is 70.8 cm³/mol. The molecular formula is C13H9ClN2O5. The summed E-state index contributed by atoms with van der Waals surface area (Å²) in [5.74, 6) is -1.34. The van der Waals surface area contributed by atoms with Crippen LogP contribution in [0.5, 0.6) is 11.5 Å². The van der Waals surface area contributed by atoms with Crippen LogP contribution in [0, 0.1) is 0 Å². The highest BCUT2D eigenvalue weighted by atomic mass is 35.5. The predicted octanol–water partition coefficient (Wildman–Crippen LogP) is 1.49. The fourth-order valence-corrected chi connectivity index (χ4v) is 2.25. The molecule has 0 saturated heterocycles. The Morgan fingerprint density at radius 1 is 1.38 bits per heavy atom. The van der Waals surface area contributed by atoms with Crippen molar-refractivity contribution in [1.29, 1.82) is 0 Å². The lowest BCUT2D eigenvalue weighted by Gasteiger charge is -2.04. The first-order valence-corrected chi connectivity index (χ1v) is 6.27. The highest BCUT2D eigenvalue weighted by molar-refractivity contribution is 6.33. The summed E-state index contributed by atoms with van der Waals surface area (Å²) in [4.78, 5) is 23.2. The van der Waals surface area contributed by atoms with E-state index >= 15 is 0 Å². The van der Waals surface area contributed by atoms with Gasteiger partial charge in [0, 0.05) is 18.8 Å². The number of carboxylic acids is 1. The highest BCUT2D eigenvalue weighted by Crippen LogP contribution is 2.42. The molecule has 1 aliphatic rings. The minimum atomic E-state index is -1.46. The zero-order valence-electron chi connectivity index (χ0n) is 10.7. The summed E-state index contributed by atoms with van der Waals surface area (Å²) in [5, 5.41) is 12.9. The SMILES string of the molecule is Cn1nccc1C(=O)c1cc(Cl)c2c(c1)OC(C(=O)O)O2. The van der Waals surface area contributed by atoms with Gasteiger partial charge in [0.15, 0.2) is 11.5 Å². The van der Waals surface area contributed by atoms with E-state index in [1.54, 1.807) is 13.1 Å². The van der Waals surface area contributed by atoms with Crippen molar-refractivity contribution in [3.63, 3.8) is 0 Å². The lowest BCUT2D eigenvalue weighted by Crippen LogP contribution is -2.28. The Hall–Kier alpha value is -2.54. The molecule has 108 valence electrons. The van der Waals surface area contributed by atoms with Crippen LogP contribution in [0.1, 0.15) is 16.1 Å². The lowest BCUT2D eigenvalue weighted by molar-refractivity contribution is -0.154. The van der Waals surface area contributed by atoms with Crippen LogP contribution in [0.2, 0.25) is 5.02 Å². The number of benzene rings is 1. The van der Waals surface area contributed by atoms with Crippen LogP contribution >= 0.6 is 11.6 Å².